The number of fused-ring (bicyclic) bond motifs is 1. The second kappa shape index (κ2) is 5.26. The molecule has 82 valence electrons. The molecular weight excluding hydrogens is 190 g/mol. The van der Waals surface area contributed by atoms with Crippen LogP contribution in [0.25, 0.3) is 0 Å². The van der Waals surface area contributed by atoms with E-state index in [1.807, 2.05) is 12.1 Å². The smallest absolute Gasteiger partial charge is 0.158 e. The molecule has 2 N–H and O–H groups in total. The van der Waals surface area contributed by atoms with Crippen molar-refractivity contribution < 1.29 is 9.47 Å². The lowest BCUT2D eigenvalue weighted by Gasteiger charge is -2.14. The minimum absolute atomic E-state index is 0.0963. The molecule has 0 aliphatic carbocycles. The minimum atomic E-state index is -0.0963. The fourth-order valence-electron chi connectivity index (χ4n) is 1.70. The highest BCUT2D eigenvalue weighted by Gasteiger charge is 2.15. The quantitative estimate of drug-likeness (QED) is 0.822. The molecule has 1 aliphatic rings. The van der Waals surface area contributed by atoms with Gasteiger partial charge in [-0.1, -0.05) is 24.3 Å². The van der Waals surface area contributed by atoms with Gasteiger partial charge in [0, 0.05) is 0 Å². The largest absolute Gasteiger partial charge is 0.348 e. The van der Waals surface area contributed by atoms with E-state index in [0.29, 0.717) is 19.8 Å². The van der Waals surface area contributed by atoms with Crippen molar-refractivity contribution >= 4 is 0 Å². The fraction of sp³-hybridized carbons (Fsp3) is 0.500. The van der Waals surface area contributed by atoms with Gasteiger partial charge < -0.3 is 15.2 Å². The number of hydrogen-bond donors (Lipinski definition) is 1. The van der Waals surface area contributed by atoms with Crippen LogP contribution < -0.4 is 5.73 Å². The summed E-state index contributed by atoms with van der Waals surface area (Å²) in [6.07, 6.45) is 1.73. The number of benzene rings is 1. The van der Waals surface area contributed by atoms with Crippen molar-refractivity contribution in [3.8, 4) is 0 Å². The Morgan fingerprint density at radius 2 is 1.73 bits per heavy atom. The van der Waals surface area contributed by atoms with Gasteiger partial charge in [0.15, 0.2) is 6.29 Å². The average Bonchev–Trinajstić information content (AvgIpc) is 2.49. The molecule has 1 aliphatic heterocycles. The van der Waals surface area contributed by atoms with E-state index in [-0.39, 0.29) is 6.29 Å². The van der Waals surface area contributed by atoms with Gasteiger partial charge in [0.05, 0.1) is 13.2 Å². The number of ether oxygens (including phenoxy) is 2. The predicted octanol–water partition coefficient (Wildman–Crippen LogP) is 1.80. The molecular formula is C12H17NO2. The Morgan fingerprint density at radius 1 is 1.13 bits per heavy atom. The fourth-order valence-corrected chi connectivity index (χ4v) is 1.70. The van der Waals surface area contributed by atoms with Crippen LogP contribution in [0.1, 0.15) is 24.0 Å². The second-order valence-corrected chi connectivity index (χ2v) is 3.75. The summed E-state index contributed by atoms with van der Waals surface area (Å²) in [6.45, 7) is 1.98. The van der Waals surface area contributed by atoms with Gasteiger partial charge in [-0.15, -0.1) is 0 Å². The summed E-state index contributed by atoms with van der Waals surface area (Å²) in [6, 6.07) is 8.23. The third-order valence-corrected chi connectivity index (χ3v) is 2.61. The monoisotopic (exact) mass is 207 g/mol. The van der Waals surface area contributed by atoms with E-state index in [2.05, 4.69) is 12.1 Å². The molecule has 0 fully saturated rings. The summed E-state index contributed by atoms with van der Waals surface area (Å²) in [5, 5.41) is 0. The van der Waals surface area contributed by atoms with Crippen LogP contribution in [0.2, 0.25) is 0 Å². The predicted molar refractivity (Wildman–Crippen MR) is 58.1 cm³/mol. The van der Waals surface area contributed by atoms with Crippen LogP contribution in [0.15, 0.2) is 24.3 Å². The van der Waals surface area contributed by atoms with Crippen molar-refractivity contribution in [1.82, 2.24) is 0 Å². The summed E-state index contributed by atoms with van der Waals surface area (Å²) in [5.41, 5.74) is 7.92. The van der Waals surface area contributed by atoms with Crippen LogP contribution in [0.3, 0.4) is 0 Å². The summed E-state index contributed by atoms with van der Waals surface area (Å²) in [4.78, 5) is 0. The summed E-state index contributed by atoms with van der Waals surface area (Å²) < 4.78 is 11.3. The van der Waals surface area contributed by atoms with Crippen LogP contribution >= 0.6 is 0 Å². The Balaban J connectivity index is 1.96. The molecule has 2 rings (SSSR count). The van der Waals surface area contributed by atoms with E-state index in [9.17, 15) is 0 Å². The van der Waals surface area contributed by atoms with Gasteiger partial charge in [-0.3, -0.25) is 0 Å². The average molecular weight is 207 g/mol. The van der Waals surface area contributed by atoms with Gasteiger partial charge in [0.25, 0.3) is 0 Å². The molecule has 3 nitrogen and oxygen atoms in total. The third kappa shape index (κ3) is 2.78. The highest BCUT2D eigenvalue weighted by atomic mass is 16.7. The van der Waals surface area contributed by atoms with Crippen molar-refractivity contribution in [2.75, 3.05) is 6.54 Å². The van der Waals surface area contributed by atoms with Crippen molar-refractivity contribution in [2.45, 2.75) is 32.3 Å². The molecule has 0 saturated carbocycles. The van der Waals surface area contributed by atoms with Gasteiger partial charge in [0.1, 0.15) is 0 Å². The number of nitrogens with two attached hydrogens (primary N) is 1. The molecule has 1 heterocycles. The SMILES string of the molecule is NCCCC1OCc2ccccc2CO1. The van der Waals surface area contributed by atoms with Gasteiger partial charge >= 0.3 is 0 Å². The maximum Gasteiger partial charge on any atom is 0.158 e. The van der Waals surface area contributed by atoms with Crippen LogP contribution in [0.4, 0.5) is 0 Å². The Kier molecular flexibility index (Phi) is 3.72. The molecule has 1 aromatic rings. The lowest BCUT2D eigenvalue weighted by Crippen LogP contribution is -2.16. The highest BCUT2D eigenvalue weighted by Crippen LogP contribution is 2.19. The number of hydrogen-bond acceptors (Lipinski definition) is 3. The topological polar surface area (TPSA) is 44.5 Å². The molecule has 3 heteroatoms. The highest BCUT2D eigenvalue weighted by molar-refractivity contribution is 5.26. The standard InChI is InChI=1S/C12H17NO2/c13-7-3-6-12-14-8-10-4-1-2-5-11(10)9-15-12/h1-2,4-5,12H,3,6-9,13H2. The second-order valence-electron chi connectivity index (χ2n) is 3.75. The Labute approximate surface area is 90.2 Å². The molecule has 1 aromatic carbocycles. The van der Waals surface area contributed by atoms with Crippen molar-refractivity contribution in [2.24, 2.45) is 5.73 Å². The molecule has 0 saturated heterocycles. The molecule has 0 spiro atoms. The zero-order valence-electron chi connectivity index (χ0n) is 8.82. The van der Waals surface area contributed by atoms with E-state index in [1.54, 1.807) is 0 Å². The van der Waals surface area contributed by atoms with E-state index < -0.39 is 0 Å². The van der Waals surface area contributed by atoms with Gasteiger partial charge in [-0.25, -0.2) is 0 Å². The zero-order valence-corrected chi connectivity index (χ0v) is 8.82. The van der Waals surface area contributed by atoms with E-state index in [4.69, 9.17) is 15.2 Å². The molecule has 0 atom stereocenters. The van der Waals surface area contributed by atoms with Crippen molar-refractivity contribution in [3.63, 3.8) is 0 Å². The maximum absolute atomic E-state index is 5.65. The first-order chi connectivity index (χ1) is 7.40. The van der Waals surface area contributed by atoms with E-state index in [0.717, 1.165) is 12.8 Å². The van der Waals surface area contributed by atoms with Crippen LogP contribution in [-0.2, 0) is 22.7 Å². The summed E-state index contributed by atoms with van der Waals surface area (Å²) in [5.74, 6) is 0. The maximum atomic E-state index is 5.65. The molecule has 0 unspecified atom stereocenters. The summed E-state index contributed by atoms with van der Waals surface area (Å²) in [7, 11) is 0. The van der Waals surface area contributed by atoms with E-state index >= 15 is 0 Å². The molecule has 0 amide bonds. The van der Waals surface area contributed by atoms with Gasteiger partial charge in [-0.05, 0) is 30.5 Å². The number of rotatable bonds is 3. The van der Waals surface area contributed by atoms with Crippen molar-refractivity contribution in [1.29, 1.82) is 0 Å². The molecule has 0 aromatic heterocycles. The first kappa shape index (κ1) is 10.6. The molecule has 0 radical (unpaired) electrons. The van der Waals surface area contributed by atoms with Crippen molar-refractivity contribution in [3.05, 3.63) is 35.4 Å². The zero-order chi connectivity index (χ0) is 10.5. The lowest BCUT2D eigenvalue weighted by molar-refractivity contribution is -0.152. The van der Waals surface area contributed by atoms with Gasteiger partial charge in [0.2, 0.25) is 0 Å². The van der Waals surface area contributed by atoms with Gasteiger partial charge in [-0.2, -0.15) is 0 Å². The molecule has 0 bridgehead atoms. The first-order valence-electron chi connectivity index (χ1n) is 5.40. The summed E-state index contributed by atoms with van der Waals surface area (Å²) >= 11 is 0. The van der Waals surface area contributed by atoms with E-state index in [1.165, 1.54) is 11.1 Å². The molecule has 15 heavy (non-hydrogen) atoms. The first-order valence-corrected chi connectivity index (χ1v) is 5.40. The Morgan fingerprint density at radius 3 is 2.27 bits per heavy atom. The Bertz CT molecular complexity index is 287. The minimum Gasteiger partial charge on any atom is -0.348 e. The van der Waals surface area contributed by atoms with Crippen LogP contribution in [0, 0.1) is 0 Å². The normalized spacial score (nSPS) is 17.1. The Hall–Kier alpha value is -0.900. The van der Waals surface area contributed by atoms with Crippen LogP contribution in [-0.4, -0.2) is 12.8 Å². The lowest BCUT2D eigenvalue weighted by atomic mass is 10.1. The van der Waals surface area contributed by atoms with Crippen LogP contribution in [0.5, 0.6) is 0 Å². The third-order valence-electron chi connectivity index (χ3n) is 2.61.